The Morgan fingerprint density at radius 3 is 2.45 bits per heavy atom. The van der Waals surface area contributed by atoms with Gasteiger partial charge in [-0.15, -0.1) is 0 Å². The molecule has 2 atom stereocenters. The van der Waals surface area contributed by atoms with E-state index in [1.807, 2.05) is 13.8 Å². The Bertz CT molecular complexity index is 637. The molecule has 1 aromatic carbocycles. The van der Waals surface area contributed by atoms with E-state index in [0.29, 0.717) is 30.5 Å². The van der Waals surface area contributed by atoms with Gasteiger partial charge in [0.05, 0.1) is 4.92 Å². The van der Waals surface area contributed by atoms with Gasteiger partial charge in [0.2, 0.25) is 0 Å². The molecule has 0 aromatic heterocycles. The zero-order chi connectivity index (χ0) is 16.3. The van der Waals surface area contributed by atoms with Crippen molar-refractivity contribution in [2.24, 2.45) is 11.8 Å². The van der Waals surface area contributed by atoms with Crippen molar-refractivity contribution in [1.82, 2.24) is 9.03 Å². The highest BCUT2D eigenvalue weighted by Crippen LogP contribution is 2.23. The molecule has 1 N–H and O–H groups in total. The van der Waals surface area contributed by atoms with Gasteiger partial charge in [-0.05, 0) is 18.3 Å². The molecule has 1 aliphatic rings. The number of piperidine rings is 1. The Labute approximate surface area is 130 Å². The number of hydrogen-bond donors (Lipinski definition) is 1. The highest BCUT2D eigenvalue weighted by Gasteiger charge is 2.30. The van der Waals surface area contributed by atoms with E-state index in [0.717, 1.165) is 6.42 Å². The van der Waals surface area contributed by atoms with Gasteiger partial charge in [0.25, 0.3) is 15.9 Å². The molecule has 1 aliphatic heterocycles. The fourth-order valence-corrected chi connectivity index (χ4v) is 4.32. The molecule has 0 saturated carbocycles. The molecule has 1 aromatic rings. The minimum absolute atomic E-state index is 0.0782. The van der Waals surface area contributed by atoms with Gasteiger partial charge in [0.15, 0.2) is 0 Å². The van der Waals surface area contributed by atoms with Crippen LogP contribution >= 0.6 is 0 Å². The third-order valence-corrected chi connectivity index (χ3v) is 5.30. The predicted octanol–water partition coefficient (Wildman–Crippen LogP) is 1.91. The van der Waals surface area contributed by atoms with Crippen molar-refractivity contribution in [3.8, 4) is 0 Å². The van der Waals surface area contributed by atoms with E-state index in [1.165, 1.54) is 10.4 Å². The Morgan fingerprint density at radius 2 is 1.86 bits per heavy atom. The summed E-state index contributed by atoms with van der Waals surface area (Å²) in [5.41, 5.74) is 0.278. The van der Waals surface area contributed by atoms with Crippen LogP contribution in [0.4, 0.5) is 5.69 Å². The number of nitrogens with zero attached hydrogens (tertiary/aromatic N) is 2. The third-order valence-electron chi connectivity index (χ3n) is 3.81. The minimum atomic E-state index is -3.63. The molecule has 0 amide bonds. The quantitative estimate of drug-likeness (QED) is 0.660. The molecular weight excluding hydrogens is 306 g/mol. The van der Waals surface area contributed by atoms with Gasteiger partial charge in [-0.1, -0.05) is 32.0 Å². The van der Waals surface area contributed by atoms with Gasteiger partial charge in [0.1, 0.15) is 0 Å². The Hall–Kier alpha value is -1.51. The zero-order valence-electron chi connectivity index (χ0n) is 12.7. The van der Waals surface area contributed by atoms with Crippen molar-refractivity contribution in [3.63, 3.8) is 0 Å². The summed E-state index contributed by atoms with van der Waals surface area (Å²) in [6.45, 7) is 4.94. The van der Waals surface area contributed by atoms with Crippen LogP contribution in [0.5, 0.6) is 0 Å². The molecule has 1 fully saturated rings. The predicted molar refractivity (Wildman–Crippen MR) is 83.4 cm³/mol. The number of nitrogens with one attached hydrogen (secondary N) is 1. The van der Waals surface area contributed by atoms with Crippen LogP contribution in [0.1, 0.15) is 25.8 Å². The normalized spacial score (nSPS) is 23.4. The van der Waals surface area contributed by atoms with Gasteiger partial charge < -0.3 is 0 Å². The van der Waals surface area contributed by atoms with E-state index in [2.05, 4.69) is 4.72 Å². The van der Waals surface area contributed by atoms with Crippen LogP contribution in [0, 0.1) is 22.0 Å². The number of hydrogen-bond acceptors (Lipinski definition) is 4. The second kappa shape index (κ2) is 6.72. The van der Waals surface area contributed by atoms with Crippen LogP contribution in [-0.2, 0) is 16.8 Å². The first kappa shape index (κ1) is 16.9. The lowest BCUT2D eigenvalue weighted by Crippen LogP contribution is -2.47. The van der Waals surface area contributed by atoms with E-state index in [9.17, 15) is 18.5 Å². The summed E-state index contributed by atoms with van der Waals surface area (Å²) in [5.74, 6) is 0.623. The zero-order valence-corrected chi connectivity index (χ0v) is 13.5. The molecule has 2 rings (SSSR count). The molecule has 8 heteroatoms. The van der Waals surface area contributed by atoms with E-state index in [-0.39, 0.29) is 12.2 Å². The van der Waals surface area contributed by atoms with Crippen molar-refractivity contribution < 1.29 is 13.3 Å². The standard InChI is InChI=1S/C14H21N3O4S/c1-11-7-12(2)10-16(9-11)22(20,21)15-8-13-5-3-4-6-14(13)17(18)19/h3-6,11-12,15H,7-10H2,1-2H3/t11-,12+. The average Bonchev–Trinajstić information content (AvgIpc) is 2.44. The average molecular weight is 327 g/mol. The molecule has 0 unspecified atom stereocenters. The number of rotatable bonds is 5. The van der Waals surface area contributed by atoms with Crippen molar-refractivity contribution in [3.05, 3.63) is 39.9 Å². The molecule has 122 valence electrons. The summed E-state index contributed by atoms with van der Waals surface area (Å²) < 4.78 is 28.7. The van der Waals surface area contributed by atoms with Gasteiger partial charge in [-0.25, -0.2) is 0 Å². The second-order valence-electron chi connectivity index (χ2n) is 5.98. The first-order valence-corrected chi connectivity index (χ1v) is 8.70. The summed E-state index contributed by atoms with van der Waals surface area (Å²) >= 11 is 0. The summed E-state index contributed by atoms with van der Waals surface area (Å²) in [6.07, 6.45) is 1.01. The lowest BCUT2D eigenvalue weighted by Gasteiger charge is -2.33. The fraction of sp³-hybridized carbons (Fsp3) is 0.571. The summed E-state index contributed by atoms with van der Waals surface area (Å²) in [7, 11) is -3.63. The molecule has 22 heavy (non-hydrogen) atoms. The molecule has 0 spiro atoms. The molecule has 0 radical (unpaired) electrons. The lowest BCUT2D eigenvalue weighted by molar-refractivity contribution is -0.385. The van der Waals surface area contributed by atoms with Crippen LogP contribution in [0.25, 0.3) is 0 Å². The Balaban J connectivity index is 2.09. The molecule has 1 heterocycles. The topological polar surface area (TPSA) is 92.6 Å². The lowest BCUT2D eigenvalue weighted by atomic mass is 9.94. The van der Waals surface area contributed by atoms with Crippen molar-refractivity contribution >= 4 is 15.9 Å². The highest BCUT2D eigenvalue weighted by atomic mass is 32.2. The van der Waals surface area contributed by atoms with Gasteiger partial charge in [-0.3, -0.25) is 10.1 Å². The SMILES string of the molecule is C[C@@H]1C[C@H](C)CN(S(=O)(=O)NCc2ccccc2[N+](=O)[O-])C1. The van der Waals surface area contributed by atoms with Gasteiger partial charge in [0, 0.05) is 31.3 Å². The number of nitro benzene ring substituents is 1. The Morgan fingerprint density at radius 1 is 1.27 bits per heavy atom. The van der Waals surface area contributed by atoms with E-state index in [1.54, 1.807) is 18.2 Å². The maximum Gasteiger partial charge on any atom is 0.279 e. The largest absolute Gasteiger partial charge is 0.279 e. The number of nitro groups is 1. The minimum Gasteiger partial charge on any atom is -0.258 e. The molecule has 1 saturated heterocycles. The maximum absolute atomic E-state index is 12.4. The van der Waals surface area contributed by atoms with Crippen LogP contribution < -0.4 is 4.72 Å². The summed E-state index contributed by atoms with van der Waals surface area (Å²) in [6, 6.07) is 6.14. The monoisotopic (exact) mass is 327 g/mol. The molecular formula is C14H21N3O4S. The third kappa shape index (κ3) is 4.02. The molecule has 0 bridgehead atoms. The highest BCUT2D eigenvalue weighted by molar-refractivity contribution is 7.87. The second-order valence-corrected chi connectivity index (χ2v) is 7.73. The van der Waals surface area contributed by atoms with Crippen LogP contribution in [0.2, 0.25) is 0 Å². The van der Waals surface area contributed by atoms with E-state index in [4.69, 9.17) is 0 Å². The fourth-order valence-electron chi connectivity index (χ4n) is 2.90. The van der Waals surface area contributed by atoms with E-state index >= 15 is 0 Å². The van der Waals surface area contributed by atoms with Gasteiger partial charge >= 0.3 is 0 Å². The first-order valence-electron chi connectivity index (χ1n) is 7.26. The van der Waals surface area contributed by atoms with Crippen molar-refractivity contribution in [1.29, 1.82) is 0 Å². The number of para-hydroxylation sites is 1. The number of benzene rings is 1. The first-order chi connectivity index (χ1) is 10.3. The Kier molecular flexibility index (Phi) is 5.15. The molecule has 0 aliphatic carbocycles. The van der Waals surface area contributed by atoms with Gasteiger partial charge in [-0.2, -0.15) is 17.4 Å². The summed E-state index contributed by atoms with van der Waals surface area (Å²) in [4.78, 5) is 10.4. The van der Waals surface area contributed by atoms with Crippen LogP contribution in [0.15, 0.2) is 24.3 Å². The van der Waals surface area contributed by atoms with Crippen LogP contribution in [0.3, 0.4) is 0 Å². The van der Waals surface area contributed by atoms with E-state index < -0.39 is 15.1 Å². The molecule has 7 nitrogen and oxygen atoms in total. The smallest absolute Gasteiger partial charge is 0.258 e. The summed E-state index contributed by atoms with van der Waals surface area (Å²) in [5, 5.41) is 11.0. The van der Waals surface area contributed by atoms with Crippen LogP contribution in [-0.4, -0.2) is 30.7 Å². The maximum atomic E-state index is 12.4. The van der Waals surface area contributed by atoms with Crippen molar-refractivity contribution in [2.45, 2.75) is 26.8 Å². The van der Waals surface area contributed by atoms with Crippen molar-refractivity contribution in [2.75, 3.05) is 13.1 Å².